The number of nitrogens with zero attached hydrogens (tertiary/aromatic N) is 3. The van der Waals surface area contributed by atoms with Crippen LogP contribution >= 0.6 is 0 Å². The van der Waals surface area contributed by atoms with Gasteiger partial charge in [0.25, 0.3) is 5.89 Å². The van der Waals surface area contributed by atoms with E-state index in [0.29, 0.717) is 23.1 Å². The molecule has 148 valence electrons. The molecule has 0 fully saturated rings. The van der Waals surface area contributed by atoms with Crippen LogP contribution in [0.15, 0.2) is 58.1 Å². The molecule has 0 saturated heterocycles. The standard InChI is InChI=1S/C20H17N3O6/c1-13(15-7-8-16-17(9-15)27-12-26-16)23-28-11-19(24)25-10-18-21-22-20(29-18)14-5-3-2-4-6-14/h2-9H,10-12H2,1H3/b23-13-. The van der Waals surface area contributed by atoms with Gasteiger partial charge in [0.15, 0.2) is 18.1 Å². The zero-order valence-corrected chi connectivity index (χ0v) is 15.5. The van der Waals surface area contributed by atoms with Crippen molar-refractivity contribution in [3.8, 4) is 23.0 Å². The van der Waals surface area contributed by atoms with Gasteiger partial charge in [0.1, 0.15) is 0 Å². The largest absolute Gasteiger partial charge is 0.454 e. The van der Waals surface area contributed by atoms with Crippen molar-refractivity contribution in [2.75, 3.05) is 13.4 Å². The van der Waals surface area contributed by atoms with E-state index < -0.39 is 5.97 Å². The minimum absolute atomic E-state index is 0.146. The Kier molecular flexibility index (Phi) is 5.37. The zero-order valence-electron chi connectivity index (χ0n) is 15.5. The van der Waals surface area contributed by atoms with Crippen molar-refractivity contribution in [1.82, 2.24) is 10.2 Å². The lowest BCUT2D eigenvalue weighted by atomic mass is 10.1. The summed E-state index contributed by atoms with van der Waals surface area (Å²) in [6.45, 7) is 1.46. The molecule has 1 aliphatic heterocycles. The maximum Gasteiger partial charge on any atom is 0.347 e. The van der Waals surface area contributed by atoms with Gasteiger partial charge in [0, 0.05) is 11.1 Å². The summed E-state index contributed by atoms with van der Waals surface area (Å²) >= 11 is 0. The van der Waals surface area contributed by atoms with Crippen LogP contribution in [0.4, 0.5) is 0 Å². The molecule has 1 aliphatic rings. The van der Waals surface area contributed by atoms with Gasteiger partial charge < -0.3 is 23.5 Å². The SMILES string of the molecule is C/C(=N/OCC(=O)OCc1nnc(-c2ccccc2)o1)c1ccc2c(c1)OCO2. The van der Waals surface area contributed by atoms with Crippen LogP contribution in [0.2, 0.25) is 0 Å². The third kappa shape index (κ3) is 4.52. The van der Waals surface area contributed by atoms with Gasteiger partial charge in [0.05, 0.1) is 5.71 Å². The number of aromatic nitrogens is 2. The van der Waals surface area contributed by atoms with Crippen LogP contribution < -0.4 is 9.47 Å². The van der Waals surface area contributed by atoms with E-state index in [9.17, 15) is 4.79 Å². The summed E-state index contributed by atoms with van der Waals surface area (Å²) in [4.78, 5) is 16.9. The molecule has 3 aromatic rings. The number of hydrogen-bond acceptors (Lipinski definition) is 9. The minimum Gasteiger partial charge on any atom is -0.454 e. The molecular formula is C20H17N3O6. The van der Waals surface area contributed by atoms with Crippen molar-refractivity contribution < 1.29 is 28.3 Å². The fourth-order valence-corrected chi connectivity index (χ4v) is 2.55. The predicted molar refractivity (Wildman–Crippen MR) is 100 cm³/mol. The van der Waals surface area contributed by atoms with E-state index in [0.717, 1.165) is 11.1 Å². The van der Waals surface area contributed by atoms with Crippen molar-refractivity contribution in [2.45, 2.75) is 13.5 Å². The van der Waals surface area contributed by atoms with Gasteiger partial charge in [-0.05, 0) is 37.3 Å². The molecule has 0 radical (unpaired) electrons. The molecule has 0 unspecified atom stereocenters. The normalized spacial score (nSPS) is 12.7. The third-order valence-electron chi connectivity index (χ3n) is 4.02. The fraction of sp³-hybridized carbons (Fsp3) is 0.200. The van der Waals surface area contributed by atoms with Crippen LogP contribution in [0.3, 0.4) is 0 Å². The van der Waals surface area contributed by atoms with Crippen molar-refractivity contribution in [1.29, 1.82) is 0 Å². The number of ether oxygens (including phenoxy) is 3. The zero-order chi connectivity index (χ0) is 20.1. The molecule has 9 nitrogen and oxygen atoms in total. The lowest BCUT2D eigenvalue weighted by Gasteiger charge is -2.04. The molecule has 9 heteroatoms. The van der Waals surface area contributed by atoms with Crippen molar-refractivity contribution in [3.05, 3.63) is 60.0 Å². The van der Waals surface area contributed by atoms with Gasteiger partial charge in [-0.3, -0.25) is 0 Å². The number of rotatable bonds is 7. The average Bonchev–Trinajstić information content (AvgIpc) is 3.41. The van der Waals surface area contributed by atoms with Crippen LogP contribution in [0.25, 0.3) is 11.5 Å². The fourth-order valence-electron chi connectivity index (χ4n) is 2.55. The molecule has 0 atom stereocenters. The Morgan fingerprint density at radius 2 is 1.93 bits per heavy atom. The molecule has 1 aromatic heterocycles. The Morgan fingerprint density at radius 3 is 2.79 bits per heavy atom. The number of carbonyl (C=O) groups is 1. The molecule has 2 heterocycles. The monoisotopic (exact) mass is 395 g/mol. The first-order valence-electron chi connectivity index (χ1n) is 8.79. The summed E-state index contributed by atoms with van der Waals surface area (Å²) in [6.07, 6.45) is 0. The second-order valence-electron chi connectivity index (χ2n) is 6.05. The summed E-state index contributed by atoms with van der Waals surface area (Å²) in [6, 6.07) is 14.7. The van der Waals surface area contributed by atoms with Crippen molar-refractivity contribution >= 4 is 11.7 Å². The van der Waals surface area contributed by atoms with Gasteiger partial charge in [-0.25, -0.2) is 4.79 Å². The van der Waals surface area contributed by atoms with Crippen LogP contribution in [0.1, 0.15) is 18.4 Å². The van der Waals surface area contributed by atoms with E-state index in [2.05, 4.69) is 15.4 Å². The Hall–Kier alpha value is -3.88. The number of fused-ring (bicyclic) bond motifs is 1. The van der Waals surface area contributed by atoms with Crippen molar-refractivity contribution in [2.24, 2.45) is 5.16 Å². The molecule has 0 amide bonds. The molecule has 0 bridgehead atoms. The van der Waals surface area contributed by atoms with E-state index in [1.165, 1.54) is 0 Å². The first kappa shape index (κ1) is 18.5. The molecule has 2 aromatic carbocycles. The second kappa shape index (κ2) is 8.42. The van der Waals surface area contributed by atoms with Crippen molar-refractivity contribution in [3.63, 3.8) is 0 Å². The van der Waals surface area contributed by atoms with E-state index in [1.807, 2.05) is 36.4 Å². The summed E-state index contributed by atoms with van der Waals surface area (Å²) in [7, 11) is 0. The van der Waals surface area contributed by atoms with Gasteiger partial charge in [-0.15, -0.1) is 10.2 Å². The van der Waals surface area contributed by atoms with Crippen LogP contribution in [-0.2, 0) is 21.0 Å². The molecule has 0 aliphatic carbocycles. The number of hydrogen-bond donors (Lipinski definition) is 0. The summed E-state index contributed by atoms with van der Waals surface area (Å²) in [5.74, 6) is 1.27. The van der Waals surface area contributed by atoms with E-state index in [1.54, 1.807) is 19.1 Å². The number of carbonyl (C=O) groups excluding carboxylic acids is 1. The van der Waals surface area contributed by atoms with E-state index in [-0.39, 0.29) is 25.9 Å². The Morgan fingerprint density at radius 1 is 1.10 bits per heavy atom. The van der Waals surface area contributed by atoms with Crippen LogP contribution in [-0.4, -0.2) is 35.3 Å². The summed E-state index contributed by atoms with van der Waals surface area (Å²) in [5.41, 5.74) is 2.16. The van der Waals surface area contributed by atoms with Gasteiger partial charge in [-0.2, -0.15) is 0 Å². The quantitative estimate of drug-likeness (QED) is 0.342. The summed E-state index contributed by atoms with van der Waals surface area (Å²) < 4.78 is 21.1. The second-order valence-corrected chi connectivity index (χ2v) is 6.05. The first-order valence-corrected chi connectivity index (χ1v) is 8.79. The van der Waals surface area contributed by atoms with E-state index >= 15 is 0 Å². The number of esters is 1. The highest BCUT2D eigenvalue weighted by molar-refractivity contribution is 5.99. The maximum atomic E-state index is 11.8. The molecule has 0 N–H and O–H groups in total. The van der Waals surface area contributed by atoms with Gasteiger partial charge in [-0.1, -0.05) is 23.4 Å². The third-order valence-corrected chi connectivity index (χ3v) is 4.02. The lowest BCUT2D eigenvalue weighted by molar-refractivity contribution is -0.150. The lowest BCUT2D eigenvalue weighted by Crippen LogP contribution is -2.11. The van der Waals surface area contributed by atoms with Gasteiger partial charge >= 0.3 is 5.97 Å². The Bertz CT molecular complexity index is 1030. The summed E-state index contributed by atoms with van der Waals surface area (Å²) in [5, 5.41) is 11.7. The molecule has 4 rings (SSSR count). The average molecular weight is 395 g/mol. The topological polar surface area (TPSA) is 105 Å². The molecule has 0 spiro atoms. The Balaban J connectivity index is 1.25. The Labute approximate surface area is 165 Å². The number of oxime groups is 1. The highest BCUT2D eigenvalue weighted by Crippen LogP contribution is 2.32. The highest BCUT2D eigenvalue weighted by Gasteiger charge is 2.15. The van der Waals surface area contributed by atoms with E-state index in [4.69, 9.17) is 23.5 Å². The maximum absolute atomic E-state index is 11.8. The minimum atomic E-state index is -0.605. The predicted octanol–water partition coefficient (Wildman–Crippen LogP) is 2.95. The smallest absolute Gasteiger partial charge is 0.347 e. The molecule has 0 saturated carbocycles. The van der Waals surface area contributed by atoms with Crippen LogP contribution in [0, 0.1) is 0 Å². The van der Waals surface area contributed by atoms with Gasteiger partial charge in [0.2, 0.25) is 19.3 Å². The first-order chi connectivity index (χ1) is 14.2. The molecule has 29 heavy (non-hydrogen) atoms. The highest BCUT2D eigenvalue weighted by atomic mass is 16.7. The molecular weight excluding hydrogens is 378 g/mol. The number of benzene rings is 2. The van der Waals surface area contributed by atoms with Crippen LogP contribution in [0.5, 0.6) is 11.5 Å².